The number of allylic oxidation sites excluding steroid dienone is 1. The Balaban J connectivity index is 1.26. The van der Waals surface area contributed by atoms with Gasteiger partial charge in [-0.25, -0.2) is 4.79 Å². The molecule has 1 unspecified atom stereocenters. The molecule has 0 saturated carbocycles. The number of benzene rings is 2. The second-order valence-corrected chi connectivity index (χ2v) is 13.9. The first-order valence-corrected chi connectivity index (χ1v) is 16.5. The zero-order valence-electron chi connectivity index (χ0n) is 24.8. The summed E-state index contributed by atoms with van der Waals surface area (Å²) in [6.45, 7) is 7.25. The van der Waals surface area contributed by atoms with E-state index < -0.39 is 42.4 Å². The van der Waals surface area contributed by atoms with E-state index in [1.165, 1.54) is 44.7 Å². The van der Waals surface area contributed by atoms with E-state index in [4.69, 9.17) is 4.74 Å². The van der Waals surface area contributed by atoms with Gasteiger partial charge in [0.05, 0.1) is 16.8 Å². The summed E-state index contributed by atoms with van der Waals surface area (Å²) in [5, 5.41) is 14.1. The number of amides is 5. The highest BCUT2D eigenvalue weighted by atomic mass is 33.1. The standard InChI is InChI=1S/C31H34N4O8S2/c1-18-12-13-24(28(39)32-18)35-29(40)22-10-7-11-23(27(22)30(35)41)33-31(42)43-17-20(3)45-44-19(2)14-25(36)34(16-26(37)38)15-21-8-5-4-6-9-21/h4-11,19-20,24H,1,12-17H2,2-3H3,(H,32,39)(H,33,42)(H,37,38)/t19-,20-,24?/m0/s1. The van der Waals surface area contributed by atoms with Gasteiger partial charge in [0.1, 0.15) is 19.2 Å². The van der Waals surface area contributed by atoms with Gasteiger partial charge in [0, 0.05) is 29.2 Å². The number of aliphatic carboxylic acids is 1. The van der Waals surface area contributed by atoms with Gasteiger partial charge in [-0.2, -0.15) is 0 Å². The summed E-state index contributed by atoms with van der Waals surface area (Å²) in [7, 11) is 2.84. The lowest BCUT2D eigenvalue weighted by molar-refractivity contribution is -0.144. The molecule has 0 spiro atoms. The fraction of sp³-hybridized carbons (Fsp3) is 0.355. The molecule has 2 aliphatic rings. The van der Waals surface area contributed by atoms with E-state index in [2.05, 4.69) is 17.2 Å². The number of hydrogen-bond donors (Lipinski definition) is 3. The molecule has 1 saturated heterocycles. The Morgan fingerprint density at radius 1 is 1.07 bits per heavy atom. The van der Waals surface area contributed by atoms with Gasteiger partial charge in [-0.3, -0.25) is 34.2 Å². The molecular formula is C31H34N4O8S2. The number of anilines is 1. The highest BCUT2D eigenvalue weighted by Gasteiger charge is 2.45. The van der Waals surface area contributed by atoms with Crippen LogP contribution in [0.4, 0.5) is 10.5 Å². The van der Waals surface area contributed by atoms with E-state index >= 15 is 0 Å². The Labute approximate surface area is 268 Å². The van der Waals surface area contributed by atoms with E-state index in [1.807, 2.05) is 44.2 Å². The monoisotopic (exact) mass is 654 g/mol. The minimum Gasteiger partial charge on any atom is -0.480 e. The highest BCUT2D eigenvalue weighted by Crippen LogP contribution is 2.34. The predicted octanol–water partition coefficient (Wildman–Crippen LogP) is 4.29. The second kappa shape index (κ2) is 15.1. The number of nitrogens with zero attached hydrogens (tertiary/aromatic N) is 2. The van der Waals surface area contributed by atoms with Gasteiger partial charge in [-0.15, -0.1) is 0 Å². The third-order valence-electron chi connectivity index (χ3n) is 7.01. The minimum absolute atomic E-state index is 0.00247. The maximum atomic E-state index is 13.3. The number of fused-ring (bicyclic) bond motifs is 1. The van der Waals surface area contributed by atoms with E-state index in [-0.39, 0.29) is 59.2 Å². The molecule has 2 aliphatic heterocycles. The maximum absolute atomic E-state index is 13.3. The van der Waals surface area contributed by atoms with Crippen molar-refractivity contribution in [3.63, 3.8) is 0 Å². The molecule has 12 nitrogen and oxygen atoms in total. The van der Waals surface area contributed by atoms with E-state index in [0.29, 0.717) is 12.1 Å². The molecule has 2 aromatic rings. The SMILES string of the molecule is C=C1CCC(N2C(=O)c3cccc(NC(=O)OC[C@H](C)SS[C@@H](C)CC(=O)N(CC(=O)O)Cc4ccccc4)c3C2=O)C(=O)N1. The Morgan fingerprint density at radius 2 is 1.78 bits per heavy atom. The van der Waals surface area contributed by atoms with E-state index in [0.717, 1.165) is 10.5 Å². The van der Waals surface area contributed by atoms with Crippen molar-refractivity contribution in [3.05, 3.63) is 77.5 Å². The van der Waals surface area contributed by atoms with Crippen LogP contribution in [0.2, 0.25) is 0 Å². The molecule has 2 aromatic carbocycles. The van der Waals surface area contributed by atoms with Crippen molar-refractivity contribution in [3.8, 4) is 0 Å². The summed E-state index contributed by atoms with van der Waals surface area (Å²) in [5.74, 6) is -3.13. The van der Waals surface area contributed by atoms with Crippen LogP contribution in [0.1, 0.15) is 59.4 Å². The Kier molecular flexibility index (Phi) is 11.3. The Hall–Kier alpha value is -4.30. The Morgan fingerprint density at radius 3 is 2.47 bits per heavy atom. The van der Waals surface area contributed by atoms with Crippen molar-refractivity contribution in [2.24, 2.45) is 0 Å². The normalized spacial score (nSPS) is 17.3. The number of imide groups is 1. The molecule has 0 bridgehead atoms. The fourth-order valence-corrected chi connectivity index (χ4v) is 7.09. The van der Waals surface area contributed by atoms with Crippen LogP contribution in [-0.4, -0.2) is 80.3 Å². The zero-order chi connectivity index (χ0) is 32.7. The quantitative estimate of drug-likeness (QED) is 0.210. The molecule has 14 heteroatoms. The van der Waals surface area contributed by atoms with Crippen LogP contribution in [0.5, 0.6) is 0 Å². The average molecular weight is 655 g/mol. The van der Waals surface area contributed by atoms with Crippen molar-refractivity contribution in [1.29, 1.82) is 0 Å². The third kappa shape index (κ3) is 8.66. The van der Waals surface area contributed by atoms with Crippen molar-refractivity contribution >= 4 is 63.0 Å². The topological polar surface area (TPSA) is 162 Å². The molecule has 45 heavy (non-hydrogen) atoms. The number of hydrogen-bond acceptors (Lipinski definition) is 9. The first-order chi connectivity index (χ1) is 21.4. The van der Waals surface area contributed by atoms with Crippen molar-refractivity contribution < 1.29 is 38.6 Å². The first kappa shape index (κ1) is 33.6. The summed E-state index contributed by atoms with van der Waals surface area (Å²) in [6.07, 6.45) is 0.00350. The van der Waals surface area contributed by atoms with Gasteiger partial charge in [0.15, 0.2) is 0 Å². The van der Waals surface area contributed by atoms with Crippen LogP contribution >= 0.6 is 21.6 Å². The van der Waals surface area contributed by atoms with Crippen molar-refractivity contribution in [2.45, 2.75) is 56.2 Å². The maximum Gasteiger partial charge on any atom is 0.411 e. The summed E-state index contributed by atoms with van der Waals surface area (Å²) in [4.78, 5) is 77.9. The van der Waals surface area contributed by atoms with Crippen LogP contribution in [0, 0.1) is 0 Å². The number of piperidine rings is 1. The molecule has 238 valence electrons. The van der Waals surface area contributed by atoms with Crippen LogP contribution in [0.25, 0.3) is 0 Å². The van der Waals surface area contributed by atoms with E-state index in [9.17, 15) is 33.9 Å². The van der Waals surface area contributed by atoms with Crippen LogP contribution in [-0.2, 0) is 25.7 Å². The predicted molar refractivity (Wildman–Crippen MR) is 170 cm³/mol. The first-order valence-electron chi connectivity index (χ1n) is 14.2. The number of ether oxygens (including phenoxy) is 1. The number of nitrogens with one attached hydrogen (secondary N) is 2. The third-order valence-corrected chi connectivity index (χ3v) is 10.4. The highest BCUT2D eigenvalue weighted by molar-refractivity contribution is 8.77. The number of carboxylic acid groups (broad SMARTS) is 1. The van der Waals surface area contributed by atoms with Gasteiger partial charge in [0.2, 0.25) is 11.8 Å². The number of rotatable bonds is 13. The molecule has 4 rings (SSSR count). The van der Waals surface area contributed by atoms with Crippen LogP contribution in [0.3, 0.4) is 0 Å². The minimum atomic E-state index is -1.09. The van der Waals surface area contributed by atoms with E-state index in [1.54, 1.807) is 0 Å². The molecule has 0 aromatic heterocycles. The smallest absolute Gasteiger partial charge is 0.411 e. The van der Waals surface area contributed by atoms with Crippen LogP contribution < -0.4 is 10.6 Å². The van der Waals surface area contributed by atoms with Gasteiger partial charge in [0.25, 0.3) is 11.8 Å². The summed E-state index contributed by atoms with van der Waals surface area (Å²) in [6, 6.07) is 12.7. The lowest BCUT2D eigenvalue weighted by Gasteiger charge is -2.29. The van der Waals surface area contributed by atoms with Crippen molar-refractivity contribution in [1.82, 2.24) is 15.1 Å². The molecule has 0 aliphatic carbocycles. The van der Waals surface area contributed by atoms with Crippen molar-refractivity contribution in [2.75, 3.05) is 18.5 Å². The lowest BCUT2D eigenvalue weighted by Crippen LogP contribution is -2.51. The zero-order valence-corrected chi connectivity index (χ0v) is 26.4. The van der Waals surface area contributed by atoms with Gasteiger partial charge >= 0.3 is 12.1 Å². The number of carbonyl (C=O) groups excluding carboxylic acids is 5. The summed E-state index contributed by atoms with van der Waals surface area (Å²) < 4.78 is 5.36. The molecule has 0 radical (unpaired) electrons. The Bertz CT molecular complexity index is 1500. The fourth-order valence-electron chi connectivity index (χ4n) is 4.86. The average Bonchev–Trinajstić information content (AvgIpc) is 3.25. The summed E-state index contributed by atoms with van der Waals surface area (Å²) in [5.41, 5.74) is 1.54. The van der Waals surface area contributed by atoms with Gasteiger partial charge in [-0.05, 0) is 37.5 Å². The number of carbonyl (C=O) groups is 6. The lowest BCUT2D eigenvalue weighted by atomic mass is 10.0. The summed E-state index contributed by atoms with van der Waals surface area (Å²) >= 11 is 0. The molecule has 3 atom stereocenters. The molecule has 5 amide bonds. The molecule has 3 N–H and O–H groups in total. The van der Waals surface area contributed by atoms with Crippen LogP contribution in [0.15, 0.2) is 60.8 Å². The molecule has 1 fully saturated rings. The van der Waals surface area contributed by atoms with Gasteiger partial charge < -0.3 is 20.1 Å². The van der Waals surface area contributed by atoms with Gasteiger partial charge in [-0.1, -0.05) is 71.5 Å². The molecular weight excluding hydrogens is 620 g/mol. The second-order valence-electron chi connectivity index (χ2n) is 10.7. The number of carboxylic acids is 1. The molecule has 2 heterocycles. The largest absolute Gasteiger partial charge is 0.480 e.